The summed E-state index contributed by atoms with van der Waals surface area (Å²) in [6, 6.07) is 18.2. The zero-order valence-electron chi connectivity index (χ0n) is 16.2. The Morgan fingerprint density at radius 2 is 1.69 bits per heavy atom. The second kappa shape index (κ2) is 7.52. The van der Waals surface area contributed by atoms with Crippen molar-refractivity contribution in [2.75, 3.05) is 36.5 Å². The van der Waals surface area contributed by atoms with Gasteiger partial charge in [0.2, 0.25) is 5.95 Å². The van der Waals surface area contributed by atoms with Gasteiger partial charge in [0, 0.05) is 18.8 Å². The number of aromatic nitrogens is 4. The third-order valence-corrected chi connectivity index (χ3v) is 5.11. The van der Waals surface area contributed by atoms with Crippen molar-refractivity contribution in [1.82, 2.24) is 19.7 Å². The van der Waals surface area contributed by atoms with Crippen LogP contribution in [0.4, 0.5) is 17.5 Å². The minimum Gasteiger partial charge on any atom is -0.378 e. The lowest BCUT2D eigenvalue weighted by atomic mass is 10.2. The third kappa shape index (κ3) is 3.40. The molecule has 1 aliphatic rings. The third-order valence-electron chi connectivity index (χ3n) is 5.11. The Morgan fingerprint density at radius 1 is 0.931 bits per heavy atom. The molecule has 7 heteroatoms. The van der Waals surface area contributed by atoms with Crippen LogP contribution in [-0.2, 0) is 4.74 Å². The normalized spacial score (nSPS) is 14.3. The van der Waals surface area contributed by atoms with Crippen molar-refractivity contribution in [3.05, 3.63) is 66.4 Å². The van der Waals surface area contributed by atoms with E-state index >= 15 is 0 Å². The van der Waals surface area contributed by atoms with E-state index in [0.29, 0.717) is 19.2 Å². The zero-order valence-corrected chi connectivity index (χ0v) is 16.2. The molecule has 5 rings (SSSR count). The maximum atomic E-state index is 5.50. The van der Waals surface area contributed by atoms with Crippen LogP contribution >= 0.6 is 0 Å². The van der Waals surface area contributed by atoms with Gasteiger partial charge in [-0.05, 0) is 30.7 Å². The molecular weight excluding hydrogens is 364 g/mol. The van der Waals surface area contributed by atoms with Crippen LogP contribution in [0.15, 0.2) is 60.8 Å². The largest absolute Gasteiger partial charge is 0.378 e. The van der Waals surface area contributed by atoms with E-state index in [4.69, 9.17) is 14.7 Å². The van der Waals surface area contributed by atoms with Crippen LogP contribution in [-0.4, -0.2) is 46.1 Å². The molecule has 1 N–H and O–H groups in total. The number of anilines is 3. The number of hydrogen-bond donors (Lipinski definition) is 1. The van der Waals surface area contributed by atoms with Gasteiger partial charge in [0.1, 0.15) is 5.82 Å². The molecular formula is C22H22N6O. The van der Waals surface area contributed by atoms with Crippen LogP contribution in [0.1, 0.15) is 5.56 Å². The van der Waals surface area contributed by atoms with Crippen LogP contribution < -0.4 is 10.2 Å². The van der Waals surface area contributed by atoms with Crippen molar-refractivity contribution >= 4 is 28.5 Å². The molecule has 2 aromatic carbocycles. The van der Waals surface area contributed by atoms with Gasteiger partial charge >= 0.3 is 0 Å². The van der Waals surface area contributed by atoms with Gasteiger partial charge in [0.25, 0.3) is 0 Å². The first-order valence-corrected chi connectivity index (χ1v) is 9.76. The lowest BCUT2D eigenvalue weighted by molar-refractivity contribution is 0.122. The molecule has 1 saturated heterocycles. The summed E-state index contributed by atoms with van der Waals surface area (Å²) >= 11 is 0. The maximum absolute atomic E-state index is 5.50. The van der Waals surface area contributed by atoms with Crippen molar-refractivity contribution < 1.29 is 4.74 Å². The first-order chi connectivity index (χ1) is 14.3. The molecule has 0 saturated carbocycles. The Bertz CT molecular complexity index is 1130. The molecule has 7 nitrogen and oxygen atoms in total. The van der Waals surface area contributed by atoms with Gasteiger partial charge in [0.05, 0.1) is 30.5 Å². The number of ether oxygens (including phenoxy) is 1. The molecule has 1 fully saturated rings. The molecule has 1 aliphatic heterocycles. The molecule has 29 heavy (non-hydrogen) atoms. The SMILES string of the molecule is Cc1ccccc1Nc1nc(N2CCOCC2)nc2c1cnn2-c1ccccc1. The standard InChI is InChI=1S/C22H22N6O/c1-16-7-5-6-10-19(16)24-20-18-15-23-28(17-8-3-2-4-9-17)21(18)26-22(25-20)27-11-13-29-14-12-27/h2-10,15H,11-14H2,1H3,(H,24,25,26). The summed E-state index contributed by atoms with van der Waals surface area (Å²) in [5.41, 5.74) is 3.93. The van der Waals surface area contributed by atoms with E-state index in [1.54, 1.807) is 0 Å². The topological polar surface area (TPSA) is 68.1 Å². The molecule has 0 bridgehead atoms. The summed E-state index contributed by atoms with van der Waals surface area (Å²) in [5, 5.41) is 8.99. The van der Waals surface area contributed by atoms with Crippen LogP contribution in [0.2, 0.25) is 0 Å². The summed E-state index contributed by atoms with van der Waals surface area (Å²) in [7, 11) is 0. The number of nitrogens with zero attached hydrogens (tertiary/aromatic N) is 5. The van der Waals surface area contributed by atoms with E-state index in [1.165, 1.54) is 0 Å². The fourth-order valence-electron chi connectivity index (χ4n) is 3.50. The molecule has 3 heterocycles. The van der Waals surface area contributed by atoms with Crippen LogP contribution in [0.25, 0.3) is 16.7 Å². The highest BCUT2D eigenvalue weighted by molar-refractivity contribution is 5.90. The number of rotatable bonds is 4. The Morgan fingerprint density at radius 3 is 2.48 bits per heavy atom. The van der Waals surface area contributed by atoms with Crippen molar-refractivity contribution in [3.63, 3.8) is 0 Å². The highest BCUT2D eigenvalue weighted by atomic mass is 16.5. The number of hydrogen-bond acceptors (Lipinski definition) is 6. The number of benzene rings is 2. The van der Waals surface area contributed by atoms with E-state index in [2.05, 4.69) is 34.4 Å². The van der Waals surface area contributed by atoms with Gasteiger partial charge in [0.15, 0.2) is 5.65 Å². The number of aryl methyl sites for hydroxylation is 1. The van der Waals surface area contributed by atoms with E-state index in [9.17, 15) is 0 Å². The van der Waals surface area contributed by atoms with Gasteiger partial charge in [-0.1, -0.05) is 36.4 Å². The van der Waals surface area contributed by atoms with Crippen LogP contribution in [0.5, 0.6) is 0 Å². The van der Waals surface area contributed by atoms with E-state index in [1.807, 2.05) is 53.3 Å². The predicted octanol–water partition coefficient (Wildman–Crippen LogP) is 3.70. The Hall–Kier alpha value is -3.45. The smallest absolute Gasteiger partial charge is 0.229 e. The Balaban J connectivity index is 1.66. The van der Waals surface area contributed by atoms with Crippen molar-refractivity contribution in [3.8, 4) is 5.69 Å². The minimum atomic E-state index is 0.680. The van der Waals surface area contributed by atoms with E-state index in [0.717, 1.165) is 46.9 Å². The predicted molar refractivity (Wildman–Crippen MR) is 114 cm³/mol. The number of nitrogens with one attached hydrogen (secondary N) is 1. The van der Waals surface area contributed by atoms with Crippen LogP contribution in [0.3, 0.4) is 0 Å². The first-order valence-electron chi connectivity index (χ1n) is 9.76. The molecule has 0 radical (unpaired) electrons. The molecule has 146 valence electrons. The van der Waals surface area contributed by atoms with Gasteiger partial charge < -0.3 is 15.0 Å². The number of fused-ring (bicyclic) bond motifs is 1. The molecule has 0 atom stereocenters. The molecule has 0 unspecified atom stereocenters. The van der Waals surface area contributed by atoms with Gasteiger partial charge in [-0.15, -0.1) is 0 Å². The summed E-state index contributed by atoms with van der Waals surface area (Å²) in [5.74, 6) is 1.45. The van der Waals surface area contributed by atoms with E-state index < -0.39 is 0 Å². The first kappa shape index (κ1) is 17.6. The van der Waals surface area contributed by atoms with E-state index in [-0.39, 0.29) is 0 Å². The second-order valence-corrected chi connectivity index (χ2v) is 7.04. The average Bonchev–Trinajstić information content (AvgIpc) is 3.21. The summed E-state index contributed by atoms with van der Waals surface area (Å²) < 4.78 is 7.36. The van der Waals surface area contributed by atoms with Gasteiger partial charge in [-0.25, -0.2) is 4.68 Å². The molecule has 0 aliphatic carbocycles. The molecule has 0 spiro atoms. The fraction of sp³-hybridized carbons (Fsp3) is 0.227. The summed E-state index contributed by atoms with van der Waals surface area (Å²) in [4.78, 5) is 11.9. The quantitative estimate of drug-likeness (QED) is 0.577. The zero-order chi connectivity index (χ0) is 19.6. The Kier molecular flexibility index (Phi) is 4.57. The number of para-hydroxylation sites is 2. The fourth-order valence-corrected chi connectivity index (χ4v) is 3.50. The van der Waals surface area contributed by atoms with Crippen LogP contribution in [0, 0.1) is 6.92 Å². The van der Waals surface area contributed by atoms with Gasteiger partial charge in [-0.2, -0.15) is 15.1 Å². The lowest BCUT2D eigenvalue weighted by Crippen LogP contribution is -2.37. The molecule has 4 aromatic rings. The van der Waals surface area contributed by atoms with Crippen molar-refractivity contribution in [2.24, 2.45) is 0 Å². The van der Waals surface area contributed by atoms with Crippen molar-refractivity contribution in [2.45, 2.75) is 6.92 Å². The molecule has 2 aromatic heterocycles. The number of morpholine rings is 1. The highest BCUT2D eigenvalue weighted by Crippen LogP contribution is 2.29. The van der Waals surface area contributed by atoms with Gasteiger partial charge in [-0.3, -0.25) is 0 Å². The molecule has 0 amide bonds. The summed E-state index contributed by atoms with van der Waals surface area (Å²) in [6.45, 7) is 4.99. The monoisotopic (exact) mass is 386 g/mol. The average molecular weight is 386 g/mol. The lowest BCUT2D eigenvalue weighted by Gasteiger charge is -2.27. The Labute approximate surface area is 169 Å². The summed E-state index contributed by atoms with van der Waals surface area (Å²) in [6.07, 6.45) is 1.83. The minimum absolute atomic E-state index is 0.680. The second-order valence-electron chi connectivity index (χ2n) is 7.04. The maximum Gasteiger partial charge on any atom is 0.229 e. The highest BCUT2D eigenvalue weighted by Gasteiger charge is 2.20. The van der Waals surface area contributed by atoms with Crippen molar-refractivity contribution in [1.29, 1.82) is 0 Å².